The van der Waals surface area contributed by atoms with Gasteiger partial charge in [-0.05, 0) is 12.1 Å². The lowest BCUT2D eigenvalue weighted by molar-refractivity contribution is 0.111. The Bertz CT molecular complexity index is 490. The van der Waals surface area contributed by atoms with Crippen LogP contribution in [0.25, 0.3) is 11.3 Å². The van der Waals surface area contributed by atoms with Crippen LogP contribution in [0.3, 0.4) is 0 Å². The van der Waals surface area contributed by atoms with Gasteiger partial charge in [-0.3, -0.25) is 4.79 Å². The van der Waals surface area contributed by atoms with E-state index in [1.54, 1.807) is 24.3 Å². The largest absolute Gasteiger partial charge is 0.350 e. The topological polar surface area (TPSA) is 32.9 Å². The van der Waals surface area contributed by atoms with Gasteiger partial charge in [-0.15, -0.1) is 0 Å². The Morgan fingerprint density at radius 1 is 1.27 bits per heavy atom. The lowest BCUT2D eigenvalue weighted by Gasteiger charge is -1.98. The van der Waals surface area contributed by atoms with Gasteiger partial charge in [0.05, 0.1) is 11.4 Å². The van der Waals surface area contributed by atoms with Gasteiger partial charge in [0.2, 0.25) is 0 Å². The zero-order valence-corrected chi connectivity index (χ0v) is 8.38. The number of halogens is 2. The maximum atomic E-state index is 13.4. The predicted octanol–water partition coefficient (Wildman–Crippen LogP) is 3.29. The van der Waals surface area contributed by atoms with Gasteiger partial charge in [0.25, 0.3) is 0 Å². The first-order valence-electron chi connectivity index (χ1n) is 4.30. The number of aromatic nitrogens is 1. The van der Waals surface area contributed by atoms with E-state index in [2.05, 4.69) is 4.98 Å². The fourth-order valence-corrected chi connectivity index (χ4v) is 1.46. The molecule has 1 aromatic heterocycles. The van der Waals surface area contributed by atoms with Crippen molar-refractivity contribution in [3.63, 3.8) is 0 Å². The Hall–Kier alpha value is -1.61. The third-order valence-electron chi connectivity index (χ3n) is 2.05. The minimum absolute atomic E-state index is 0.220. The molecule has 0 fully saturated rings. The van der Waals surface area contributed by atoms with Crippen LogP contribution in [0.1, 0.15) is 10.5 Å². The number of aldehydes is 1. The molecular weight excluding hydrogens is 217 g/mol. The average Bonchev–Trinajstić information content (AvgIpc) is 2.61. The van der Waals surface area contributed by atoms with Gasteiger partial charge >= 0.3 is 0 Å². The summed E-state index contributed by atoms with van der Waals surface area (Å²) in [6.07, 6.45) is 0.572. The number of carbonyl (C=O) groups is 1. The Labute approximate surface area is 90.7 Å². The second-order valence-corrected chi connectivity index (χ2v) is 3.51. The first-order chi connectivity index (χ1) is 7.20. The highest BCUT2D eigenvalue weighted by Crippen LogP contribution is 2.23. The Balaban J connectivity index is 2.48. The fraction of sp³-hybridized carbons (Fsp3) is 0. The second kappa shape index (κ2) is 3.87. The molecule has 1 aromatic carbocycles. The maximum Gasteiger partial charge on any atom is 0.166 e. The standard InChI is InChI=1S/C11H7ClFNO/c12-8-3-1-7(2-4-8)11-10(13)5-9(6-15)14-11/h1-6,14H. The van der Waals surface area contributed by atoms with Crippen molar-refractivity contribution < 1.29 is 9.18 Å². The summed E-state index contributed by atoms with van der Waals surface area (Å²) in [5, 5.41) is 0.585. The molecule has 1 N–H and O–H groups in total. The first kappa shape index (κ1) is 9.93. The second-order valence-electron chi connectivity index (χ2n) is 3.07. The number of nitrogens with one attached hydrogen (secondary N) is 1. The lowest BCUT2D eigenvalue weighted by atomic mass is 10.1. The summed E-state index contributed by atoms with van der Waals surface area (Å²) in [6.45, 7) is 0. The van der Waals surface area contributed by atoms with Crippen LogP contribution < -0.4 is 0 Å². The van der Waals surface area contributed by atoms with Gasteiger partial charge in [0.1, 0.15) is 5.82 Å². The highest BCUT2D eigenvalue weighted by atomic mass is 35.5. The Morgan fingerprint density at radius 3 is 2.47 bits per heavy atom. The van der Waals surface area contributed by atoms with E-state index in [0.29, 0.717) is 22.6 Å². The SMILES string of the molecule is O=Cc1cc(F)c(-c2ccc(Cl)cc2)[nH]1. The summed E-state index contributed by atoms with van der Waals surface area (Å²) in [5.74, 6) is -0.445. The predicted molar refractivity (Wildman–Crippen MR) is 56.6 cm³/mol. The molecule has 0 saturated carbocycles. The molecule has 2 nitrogen and oxygen atoms in total. The van der Waals surface area contributed by atoms with Gasteiger partial charge in [-0.25, -0.2) is 4.39 Å². The summed E-state index contributed by atoms with van der Waals surface area (Å²) < 4.78 is 13.4. The van der Waals surface area contributed by atoms with E-state index in [1.807, 2.05) is 0 Å². The van der Waals surface area contributed by atoms with Crippen molar-refractivity contribution in [2.45, 2.75) is 0 Å². The molecule has 0 atom stereocenters. The van der Waals surface area contributed by atoms with Crippen molar-refractivity contribution in [3.8, 4) is 11.3 Å². The molecule has 0 aliphatic heterocycles. The molecule has 0 aliphatic carbocycles. The molecule has 4 heteroatoms. The molecule has 0 spiro atoms. The van der Waals surface area contributed by atoms with Gasteiger partial charge in [0, 0.05) is 16.7 Å². The number of hydrogen-bond acceptors (Lipinski definition) is 1. The van der Waals surface area contributed by atoms with Crippen LogP contribution in [0.2, 0.25) is 5.02 Å². The number of carbonyl (C=O) groups excluding carboxylic acids is 1. The van der Waals surface area contributed by atoms with Crippen molar-refractivity contribution in [2.75, 3.05) is 0 Å². The zero-order valence-electron chi connectivity index (χ0n) is 7.63. The molecule has 0 bridgehead atoms. The van der Waals surface area contributed by atoms with Gasteiger partial charge in [-0.2, -0.15) is 0 Å². The van der Waals surface area contributed by atoms with Crippen molar-refractivity contribution in [1.82, 2.24) is 4.98 Å². The summed E-state index contributed by atoms with van der Waals surface area (Å²) in [5.41, 5.74) is 1.18. The monoisotopic (exact) mass is 223 g/mol. The summed E-state index contributed by atoms with van der Waals surface area (Å²) in [7, 11) is 0. The number of benzene rings is 1. The number of hydrogen-bond donors (Lipinski definition) is 1. The minimum atomic E-state index is -0.445. The van der Waals surface area contributed by atoms with Crippen LogP contribution in [0.5, 0.6) is 0 Å². The van der Waals surface area contributed by atoms with E-state index in [1.165, 1.54) is 0 Å². The van der Waals surface area contributed by atoms with Crippen LogP contribution in [0.4, 0.5) is 4.39 Å². The Kier molecular flexibility index (Phi) is 2.56. The van der Waals surface area contributed by atoms with Crippen LogP contribution in [-0.4, -0.2) is 11.3 Å². The summed E-state index contributed by atoms with van der Waals surface area (Å²) in [6, 6.07) is 7.87. The van der Waals surface area contributed by atoms with Crippen molar-refractivity contribution in [3.05, 3.63) is 46.9 Å². The third-order valence-corrected chi connectivity index (χ3v) is 2.30. The number of H-pyrrole nitrogens is 1. The quantitative estimate of drug-likeness (QED) is 0.779. The molecule has 76 valence electrons. The molecular formula is C11H7ClFNO. The molecule has 15 heavy (non-hydrogen) atoms. The number of rotatable bonds is 2. The van der Waals surface area contributed by atoms with Gasteiger partial charge in [0.15, 0.2) is 6.29 Å². The first-order valence-corrected chi connectivity index (χ1v) is 4.68. The van der Waals surface area contributed by atoms with E-state index in [0.717, 1.165) is 6.07 Å². The van der Waals surface area contributed by atoms with E-state index in [9.17, 15) is 9.18 Å². The molecule has 2 rings (SSSR count). The van der Waals surface area contributed by atoms with Crippen LogP contribution >= 0.6 is 11.6 Å². The van der Waals surface area contributed by atoms with E-state index in [4.69, 9.17) is 11.6 Å². The lowest BCUT2D eigenvalue weighted by Crippen LogP contribution is -1.82. The molecule has 0 aliphatic rings. The Morgan fingerprint density at radius 2 is 1.93 bits per heavy atom. The van der Waals surface area contributed by atoms with E-state index < -0.39 is 5.82 Å². The summed E-state index contributed by atoms with van der Waals surface area (Å²) in [4.78, 5) is 13.1. The molecule has 1 heterocycles. The molecule has 0 unspecified atom stereocenters. The van der Waals surface area contributed by atoms with Crippen molar-refractivity contribution in [2.24, 2.45) is 0 Å². The smallest absolute Gasteiger partial charge is 0.166 e. The third kappa shape index (κ3) is 1.92. The van der Waals surface area contributed by atoms with Gasteiger partial charge in [-0.1, -0.05) is 23.7 Å². The highest BCUT2D eigenvalue weighted by Gasteiger charge is 2.09. The zero-order chi connectivity index (χ0) is 10.8. The van der Waals surface area contributed by atoms with Crippen molar-refractivity contribution >= 4 is 17.9 Å². The molecule has 0 radical (unpaired) electrons. The minimum Gasteiger partial charge on any atom is -0.350 e. The molecule has 2 aromatic rings. The van der Waals surface area contributed by atoms with Crippen LogP contribution in [-0.2, 0) is 0 Å². The normalized spacial score (nSPS) is 10.3. The van der Waals surface area contributed by atoms with Crippen molar-refractivity contribution in [1.29, 1.82) is 0 Å². The maximum absolute atomic E-state index is 13.4. The average molecular weight is 224 g/mol. The molecule has 0 saturated heterocycles. The van der Waals surface area contributed by atoms with Crippen LogP contribution in [0, 0.1) is 5.82 Å². The van der Waals surface area contributed by atoms with E-state index >= 15 is 0 Å². The highest BCUT2D eigenvalue weighted by molar-refractivity contribution is 6.30. The summed E-state index contributed by atoms with van der Waals surface area (Å²) >= 11 is 5.71. The number of aromatic amines is 1. The van der Waals surface area contributed by atoms with Crippen LogP contribution in [0.15, 0.2) is 30.3 Å². The van der Waals surface area contributed by atoms with E-state index in [-0.39, 0.29) is 5.69 Å². The fourth-order valence-electron chi connectivity index (χ4n) is 1.34. The van der Waals surface area contributed by atoms with Gasteiger partial charge < -0.3 is 4.98 Å². The molecule has 0 amide bonds.